The highest BCUT2D eigenvalue weighted by Gasteiger charge is 2.07. The van der Waals surface area contributed by atoms with Gasteiger partial charge in [-0.1, -0.05) is 44.2 Å². The molecule has 0 amide bonds. The Kier molecular flexibility index (Phi) is 5.05. The summed E-state index contributed by atoms with van der Waals surface area (Å²) >= 11 is 0. The molecule has 0 aliphatic rings. The maximum Gasteiger partial charge on any atom is 0.238 e. The molecule has 2 atom stereocenters. The summed E-state index contributed by atoms with van der Waals surface area (Å²) in [5.41, 5.74) is 1.34. The highest BCUT2D eigenvalue weighted by molar-refractivity contribution is 5.29. The molecule has 2 rings (SSSR count). The molecule has 0 aliphatic carbocycles. The predicted molar refractivity (Wildman–Crippen MR) is 82.3 cm³/mol. The Balaban J connectivity index is 1.93. The van der Waals surface area contributed by atoms with E-state index in [2.05, 4.69) is 26.0 Å². The van der Waals surface area contributed by atoms with Gasteiger partial charge in [-0.05, 0) is 42.2 Å². The molecule has 2 aromatic rings. The second-order valence-electron chi connectivity index (χ2n) is 4.99. The third-order valence-corrected chi connectivity index (χ3v) is 3.41. The van der Waals surface area contributed by atoms with Crippen LogP contribution in [0.1, 0.15) is 38.7 Å². The van der Waals surface area contributed by atoms with Gasteiger partial charge in [0.05, 0.1) is 0 Å². The summed E-state index contributed by atoms with van der Waals surface area (Å²) in [6, 6.07) is 18.0. The van der Waals surface area contributed by atoms with Crippen LogP contribution in [0.3, 0.4) is 0 Å². The SMILES string of the molecule is CCC(C)c1ccc(OC(C)Oc2ccccc2)cc1. The average Bonchev–Trinajstić information content (AvgIpc) is 2.48. The van der Waals surface area contributed by atoms with Gasteiger partial charge in [-0.3, -0.25) is 0 Å². The molecule has 2 nitrogen and oxygen atoms in total. The zero-order chi connectivity index (χ0) is 14.4. The predicted octanol–water partition coefficient (Wildman–Crippen LogP) is 5.00. The van der Waals surface area contributed by atoms with E-state index in [1.807, 2.05) is 49.4 Å². The molecule has 2 unspecified atom stereocenters. The van der Waals surface area contributed by atoms with Crippen molar-refractivity contribution < 1.29 is 9.47 Å². The van der Waals surface area contributed by atoms with E-state index in [9.17, 15) is 0 Å². The normalized spacial score (nSPS) is 13.6. The van der Waals surface area contributed by atoms with Gasteiger partial charge in [0.2, 0.25) is 6.29 Å². The van der Waals surface area contributed by atoms with Gasteiger partial charge in [-0.2, -0.15) is 0 Å². The zero-order valence-electron chi connectivity index (χ0n) is 12.4. The Morgan fingerprint density at radius 3 is 1.90 bits per heavy atom. The van der Waals surface area contributed by atoms with Gasteiger partial charge in [0.25, 0.3) is 0 Å². The molecule has 0 bridgehead atoms. The summed E-state index contributed by atoms with van der Waals surface area (Å²) in [6.07, 6.45) is 0.833. The highest BCUT2D eigenvalue weighted by atomic mass is 16.7. The van der Waals surface area contributed by atoms with Crippen LogP contribution in [0.4, 0.5) is 0 Å². The summed E-state index contributed by atoms with van der Waals surface area (Å²) in [5.74, 6) is 2.23. The maximum atomic E-state index is 5.76. The van der Waals surface area contributed by atoms with E-state index in [4.69, 9.17) is 9.47 Å². The molecule has 0 heterocycles. The van der Waals surface area contributed by atoms with Crippen molar-refractivity contribution in [2.75, 3.05) is 0 Å². The lowest BCUT2D eigenvalue weighted by atomic mass is 9.99. The van der Waals surface area contributed by atoms with Gasteiger partial charge >= 0.3 is 0 Å². The fraction of sp³-hybridized carbons (Fsp3) is 0.333. The Morgan fingerprint density at radius 1 is 0.800 bits per heavy atom. The van der Waals surface area contributed by atoms with Gasteiger partial charge in [-0.15, -0.1) is 0 Å². The molecule has 106 valence electrons. The lowest BCUT2D eigenvalue weighted by Gasteiger charge is -2.17. The molecule has 0 aromatic heterocycles. The molecular weight excluding hydrogens is 248 g/mol. The molecular formula is C18H22O2. The summed E-state index contributed by atoms with van der Waals surface area (Å²) in [5, 5.41) is 0. The lowest BCUT2D eigenvalue weighted by molar-refractivity contribution is 0.0223. The van der Waals surface area contributed by atoms with E-state index in [0.717, 1.165) is 17.9 Å². The first-order valence-corrected chi connectivity index (χ1v) is 7.17. The Labute approximate surface area is 121 Å². The number of para-hydroxylation sites is 1. The van der Waals surface area contributed by atoms with Gasteiger partial charge in [0.1, 0.15) is 11.5 Å². The van der Waals surface area contributed by atoms with Crippen LogP contribution in [0.15, 0.2) is 54.6 Å². The van der Waals surface area contributed by atoms with Crippen LogP contribution in [0, 0.1) is 0 Å². The van der Waals surface area contributed by atoms with Crippen LogP contribution in [-0.4, -0.2) is 6.29 Å². The van der Waals surface area contributed by atoms with Crippen molar-refractivity contribution in [1.29, 1.82) is 0 Å². The van der Waals surface area contributed by atoms with Crippen LogP contribution in [0.2, 0.25) is 0 Å². The second kappa shape index (κ2) is 6.99. The third-order valence-electron chi connectivity index (χ3n) is 3.41. The molecule has 2 heteroatoms. The third kappa shape index (κ3) is 4.02. The van der Waals surface area contributed by atoms with Crippen LogP contribution < -0.4 is 9.47 Å². The molecule has 0 saturated carbocycles. The Morgan fingerprint density at radius 2 is 1.35 bits per heavy atom. The summed E-state index contributed by atoms with van der Waals surface area (Å²) < 4.78 is 11.5. The van der Waals surface area contributed by atoms with Gasteiger partial charge < -0.3 is 9.47 Å². The van der Waals surface area contributed by atoms with E-state index in [1.165, 1.54) is 5.56 Å². The van der Waals surface area contributed by atoms with Gasteiger partial charge in [-0.25, -0.2) is 0 Å². The van der Waals surface area contributed by atoms with E-state index in [-0.39, 0.29) is 6.29 Å². The first-order valence-electron chi connectivity index (χ1n) is 7.17. The summed E-state index contributed by atoms with van der Waals surface area (Å²) in [7, 11) is 0. The number of hydrogen-bond donors (Lipinski definition) is 0. The number of hydrogen-bond acceptors (Lipinski definition) is 2. The highest BCUT2D eigenvalue weighted by Crippen LogP contribution is 2.22. The molecule has 0 radical (unpaired) electrons. The van der Waals surface area contributed by atoms with E-state index >= 15 is 0 Å². The lowest BCUT2D eigenvalue weighted by Crippen LogP contribution is -2.19. The molecule has 0 spiro atoms. The van der Waals surface area contributed by atoms with Crippen LogP contribution in [0.5, 0.6) is 11.5 Å². The van der Waals surface area contributed by atoms with Gasteiger partial charge in [0.15, 0.2) is 0 Å². The van der Waals surface area contributed by atoms with E-state index in [0.29, 0.717) is 5.92 Å². The number of rotatable bonds is 6. The van der Waals surface area contributed by atoms with Crippen molar-refractivity contribution in [2.24, 2.45) is 0 Å². The van der Waals surface area contributed by atoms with Crippen molar-refractivity contribution in [3.05, 3.63) is 60.2 Å². The smallest absolute Gasteiger partial charge is 0.238 e. The van der Waals surface area contributed by atoms with Crippen molar-refractivity contribution in [1.82, 2.24) is 0 Å². The van der Waals surface area contributed by atoms with E-state index < -0.39 is 0 Å². The minimum atomic E-state index is -0.313. The molecule has 0 fully saturated rings. The molecule has 0 aliphatic heterocycles. The van der Waals surface area contributed by atoms with Gasteiger partial charge in [0, 0.05) is 6.92 Å². The largest absolute Gasteiger partial charge is 0.455 e. The van der Waals surface area contributed by atoms with Crippen LogP contribution in [-0.2, 0) is 0 Å². The molecule has 0 saturated heterocycles. The topological polar surface area (TPSA) is 18.5 Å². The van der Waals surface area contributed by atoms with Crippen molar-refractivity contribution >= 4 is 0 Å². The molecule has 2 aromatic carbocycles. The Bertz CT molecular complexity index is 505. The zero-order valence-corrected chi connectivity index (χ0v) is 12.4. The van der Waals surface area contributed by atoms with Crippen molar-refractivity contribution in [3.63, 3.8) is 0 Å². The van der Waals surface area contributed by atoms with Crippen LogP contribution >= 0.6 is 0 Å². The molecule has 20 heavy (non-hydrogen) atoms. The summed E-state index contributed by atoms with van der Waals surface area (Å²) in [4.78, 5) is 0. The minimum absolute atomic E-state index is 0.313. The standard InChI is InChI=1S/C18H22O2/c1-4-14(2)16-10-12-18(13-11-16)20-15(3)19-17-8-6-5-7-9-17/h5-15H,4H2,1-3H3. The van der Waals surface area contributed by atoms with Crippen LogP contribution in [0.25, 0.3) is 0 Å². The maximum absolute atomic E-state index is 5.76. The molecule has 0 N–H and O–H groups in total. The average molecular weight is 270 g/mol. The first kappa shape index (κ1) is 14.4. The monoisotopic (exact) mass is 270 g/mol. The van der Waals surface area contributed by atoms with E-state index in [1.54, 1.807) is 0 Å². The second-order valence-corrected chi connectivity index (χ2v) is 4.99. The Hall–Kier alpha value is -1.96. The quantitative estimate of drug-likeness (QED) is 0.687. The number of benzene rings is 2. The summed E-state index contributed by atoms with van der Waals surface area (Å²) in [6.45, 7) is 6.33. The minimum Gasteiger partial charge on any atom is -0.455 e. The van der Waals surface area contributed by atoms with Crippen molar-refractivity contribution in [2.45, 2.75) is 39.4 Å². The fourth-order valence-corrected chi connectivity index (χ4v) is 2.02. The van der Waals surface area contributed by atoms with Crippen molar-refractivity contribution in [3.8, 4) is 11.5 Å². The number of ether oxygens (including phenoxy) is 2. The fourth-order valence-electron chi connectivity index (χ4n) is 2.02. The first-order chi connectivity index (χ1) is 9.69.